The quantitative estimate of drug-likeness (QED) is 0.571. The van der Waals surface area contributed by atoms with Crippen LogP contribution in [0.5, 0.6) is 0 Å². The summed E-state index contributed by atoms with van der Waals surface area (Å²) in [4.78, 5) is 40.2. The van der Waals surface area contributed by atoms with Gasteiger partial charge in [-0.15, -0.1) is 0 Å². The molecule has 2 amide bonds. The van der Waals surface area contributed by atoms with Crippen LogP contribution in [0.15, 0.2) is 40.8 Å². The molecule has 4 rings (SSSR count). The normalized spacial score (nSPS) is 17.2. The molecule has 3 heterocycles. The van der Waals surface area contributed by atoms with E-state index in [-0.39, 0.29) is 36.5 Å². The minimum Gasteiger partial charge on any atom is -0.395 e. The van der Waals surface area contributed by atoms with Crippen molar-refractivity contribution in [2.75, 3.05) is 44.2 Å². The van der Waals surface area contributed by atoms with Crippen LogP contribution in [0.2, 0.25) is 0 Å². The van der Waals surface area contributed by atoms with Gasteiger partial charge in [-0.1, -0.05) is 0 Å². The number of rotatable bonds is 4. The zero-order chi connectivity index (χ0) is 20.5. The number of amides is 2. The van der Waals surface area contributed by atoms with E-state index in [1.807, 2.05) is 0 Å². The van der Waals surface area contributed by atoms with Crippen molar-refractivity contribution in [3.8, 4) is 0 Å². The molecule has 0 aliphatic carbocycles. The summed E-state index contributed by atoms with van der Waals surface area (Å²) in [6.45, 7) is 2.97. The van der Waals surface area contributed by atoms with E-state index < -0.39 is 16.7 Å². The van der Waals surface area contributed by atoms with E-state index in [9.17, 15) is 24.1 Å². The van der Waals surface area contributed by atoms with Gasteiger partial charge in [-0.3, -0.25) is 19.7 Å². The van der Waals surface area contributed by atoms with Gasteiger partial charge in [0.05, 0.1) is 12.0 Å². The molecule has 0 atom stereocenters. The number of hydrogen-bond acceptors (Lipinski definition) is 6. The molecular weight excluding hydrogens is 383 g/mol. The predicted molar refractivity (Wildman–Crippen MR) is 99.9 cm³/mol. The zero-order valence-electron chi connectivity index (χ0n) is 15.5. The fourth-order valence-electron chi connectivity index (χ4n) is 3.59. The van der Waals surface area contributed by atoms with Gasteiger partial charge in [0.15, 0.2) is 5.76 Å². The molecule has 0 saturated carbocycles. The Hall–Kier alpha value is -3.43. The third-order valence-corrected chi connectivity index (χ3v) is 5.28. The Labute approximate surface area is 165 Å². The number of likely N-dealkylation sites (tertiary alicyclic amines) is 1. The SMILES string of the molecule is O=C(c1ccc([N+](=O)[O-])o1)N1CC(C(=O)N2CCN(c3ccc(F)cc3)CC2)C1. The summed E-state index contributed by atoms with van der Waals surface area (Å²) in [6.07, 6.45) is 0. The van der Waals surface area contributed by atoms with Crippen molar-refractivity contribution < 1.29 is 23.3 Å². The lowest BCUT2D eigenvalue weighted by Gasteiger charge is -2.42. The van der Waals surface area contributed by atoms with Gasteiger partial charge >= 0.3 is 5.88 Å². The van der Waals surface area contributed by atoms with Crippen molar-refractivity contribution in [2.45, 2.75) is 0 Å². The van der Waals surface area contributed by atoms with Gasteiger partial charge in [-0.25, -0.2) is 4.39 Å². The number of carbonyl (C=O) groups excluding carboxylic acids is 2. The topological polar surface area (TPSA) is 100 Å². The Bertz CT molecular complexity index is 930. The van der Waals surface area contributed by atoms with Gasteiger partial charge in [-0.2, -0.15) is 0 Å². The van der Waals surface area contributed by atoms with E-state index >= 15 is 0 Å². The summed E-state index contributed by atoms with van der Waals surface area (Å²) >= 11 is 0. The smallest absolute Gasteiger partial charge is 0.395 e. The van der Waals surface area contributed by atoms with Crippen LogP contribution in [0.25, 0.3) is 0 Å². The van der Waals surface area contributed by atoms with Gasteiger partial charge < -0.3 is 19.1 Å². The second-order valence-corrected chi connectivity index (χ2v) is 7.09. The van der Waals surface area contributed by atoms with E-state index in [1.54, 1.807) is 17.0 Å². The number of nitrogens with zero attached hydrogens (tertiary/aromatic N) is 4. The molecular formula is C19H19FN4O5. The molecule has 29 heavy (non-hydrogen) atoms. The van der Waals surface area contributed by atoms with Crippen LogP contribution in [0.1, 0.15) is 10.6 Å². The van der Waals surface area contributed by atoms with Crippen LogP contribution >= 0.6 is 0 Å². The summed E-state index contributed by atoms with van der Waals surface area (Å²) in [7, 11) is 0. The number of nitro groups is 1. The summed E-state index contributed by atoms with van der Waals surface area (Å²) in [5.74, 6) is -1.60. The summed E-state index contributed by atoms with van der Waals surface area (Å²) in [5, 5.41) is 10.7. The highest BCUT2D eigenvalue weighted by atomic mass is 19.1. The molecule has 0 radical (unpaired) electrons. The van der Waals surface area contributed by atoms with Crippen molar-refractivity contribution in [1.82, 2.24) is 9.80 Å². The minimum absolute atomic E-state index is 0.00164. The molecule has 1 aromatic carbocycles. The van der Waals surface area contributed by atoms with Crippen LogP contribution in [-0.4, -0.2) is 65.8 Å². The molecule has 0 N–H and O–H groups in total. The van der Waals surface area contributed by atoms with Crippen molar-refractivity contribution in [1.29, 1.82) is 0 Å². The Morgan fingerprint density at radius 2 is 1.66 bits per heavy atom. The molecule has 2 saturated heterocycles. The number of carbonyl (C=O) groups is 2. The van der Waals surface area contributed by atoms with Gasteiger partial charge in [0.25, 0.3) is 5.91 Å². The molecule has 2 aliphatic heterocycles. The van der Waals surface area contributed by atoms with Crippen LogP contribution in [0.3, 0.4) is 0 Å². The summed E-state index contributed by atoms with van der Waals surface area (Å²) < 4.78 is 18.0. The second-order valence-electron chi connectivity index (χ2n) is 7.09. The molecule has 0 spiro atoms. The number of benzene rings is 1. The van der Waals surface area contributed by atoms with Gasteiger partial charge in [0, 0.05) is 45.0 Å². The molecule has 152 valence electrons. The van der Waals surface area contributed by atoms with E-state index in [0.717, 1.165) is 11.8 Å². The van der Waals surface area contributed by atoms with Crippen LogP contribution in [-0.2, 0) is 4.79 Å². The zero-order valence-corrected chi connectivity index (χ0v) is 15.5. The molecule has 2 aliphatic rings. The standard InChI is InChI=1S/C19H19FN4O5/c20-14-1-3-15(4-2-14)21-7-9-22(10-8-21)18(25)13-11-23(12-13)19(26)16-5-6-17(29-16)24(27)28/h1-6,13H,7-12H2. The van der Waals surface area contributed by atoms with Crippen molar-refractivity contribution in [2.24, 2.45) is 5.92 Å². The average Bonchev–Trinajstić information content (AvgIpc) is 3.18. The van der Waals surface area contributed by atoms with Crippen LogP contribution in [0, 0.1) is 21.8 Å². The first-order valence-corrected chi connectivity index (χ1v) is 9.25. The first-order valence-electron chi connectivity index (χ1n) is 9.25. The third kappa shape index (κ3) is 3.78. The lowest BCUT2D eigenvalue weighted by Crippen LogP contribution is -2.59. The maximum absolute atomic E-state index is 13.1. The number of piperazine rings is 1. The van der Waals surface area contributed by atoms with Crippen LogP contribution in [0.4, 0.5) is 16.0 Å². The van der Waals surface area contributed by atoms with Crippen LogP contribution < -0.4 is 4.90 Å². The predicted octanol–water partition coefficient (Wildman–Crippen LogP) is 1.75. The number of anilines is 1. The molecule has 10 heteroatoms. The second kappa shape index (κ2) is 7.53. The van der Waals surface area contributed by atoms with E-state index in [0.29, 0.717) is 26.2 Å². The van der Waals surface area contributed by atoms with E-state index in [2.05, 4.69) is 4.90 Å². The molecule has 9 nitrogen and oxygen atoms in total. The lowest BCUT2D eigenvalue weighted by atomic mass is 9.97. The minimum atomic E-state index is -0.704. The maximum atomic E-state index is 13.1. The highest BCUT2D eigenvalue weighted by Gasteiger charge is 2.40. The Morgan fingerprint density at radius 3 is 2.24 bits per heavy atom. The van der Waals surface area contributed by atoms with Gasteiger partial charge in [-0.05, 0) is 30.3 Å². The largest absolute Gasteiger partial charge is 0.433 e. The molecule has 2 fully saturated rings. The van der Waals surface area contributed by atoms with E-state index in [4.69, 9.17) is 4.42 Å². The van der Waals surface area contributed by atoms with Crippen molar-refractivity contribution in [3.63, 3.8) is 0 Å². The summed E-state index contributed by atoms with van der Waals surface area (Å²) in [6, 6.07) is 8.68. The average molecular weight is 402 g/mol. The fourth-order valence-corrected chi connectivity index (χ4v) is 3.59. The summed E-state index contributed by atoms with van der Waals surface area (Å²) in [5.41, 5.74) is 0.923. The lowest BCUT2D eigenvalue weighted by molar-refractivity contribution is -0.402. The Balaban J connectivity index is 1.27. The highest BCUT2D eigenvalue weighted by Crippen LogP contribution is 2.25. The fraction of sp³-hybridized carbons (Fsp3) is 0.368. The molecule has 0 unspecified atom stereocenters. The van der Waals surface area contributed by atoms with Crippen molar-refractivity contribution >= 4 is 23.4 Å². The first-order chi connectivity index (χ1) is 13.9. The molecule has 0 bridgehead atoms. The van der Waals surface area contributed by atoms with E-state index in [1.165, 1.54) is 23.1 Å². The molecule has 1 aromatic heterocycles. The number of furan rings is 1. The Morgan fingerprint density at radius 1 is 1.00 bits per heavy atom. The number of hydrogen-bond donors (Lipinski definition) is 0. The molecule has 2 aromatic rings. The number of halogens is 1. The maximum Gasteiger partial charge on any atom is 0.433 e. The Kier molecular flexibility index (Phi) is 4.91. The first kappa shape index (κ1) is 18.9. The third-order valence-electron chi connectivity index (χ3n) is 5.28. The van der Waals surface area contributed by atoms with Crippen molar-refractivity contribution in [3.05, 3.63) is 58.1 Å². The van der Waals surface area contributed by atoms with Gasteiger partial charge in [0.2, 0.25) is 5.91 Å². The van der Waals surface area contributed by atoms with Gasteiger partial charge in [0.1, 0.15) is 10.7 Å². The monoisotopic (exact) mass is 402 g/mol. The highest BCUT2D eigenvalue weighted by molar-refractivity contribution is 5.94.